The van der Waals surface area contributed by atoms with Crippen LogP contribution in [-0.4, -0.2) is 48.9 Å². The summed E-state index contributed by atoms with van der Waals surface area (Å²) in [6.07, 6.45) is 6.67. The van der Waals surface area contributed by atoms with Gasteiger partial charge in [0.15, 0.2) is 5.82 Å². The van der Waals surface area contributed by atoms with E-state index in [0.717, 1.165) is 11.3 Å². The lowest BCUT2D eigenvalue weighted by Gasteiger charge is -2.27. The lowest BCUT2D eigenvalue weighted by atomic mass is 10.0. The van der Waals surface area contributed by atoms with Gasteiger partial charge >= 0.3 is 5.91 Å². The Morgan fingerprint density at radius 3 is 2.69 bits per heavy atom. The summed E-state index contributed by atoms with van der Waals surface area (Å²) in [5.74, 6) is -0.439. The van der Waals surface area contributed by atoms with E-state index < -0.39 is 12.0 Å². The molecule has 5 rings (SSSR count). The first-order valence-electron chi connectivity index (χ1n) is 11.5. The summed E-state index contributed by atoms with van der Waals surface area (Å²) in [6.45, 7) is 1.59. The number of hydrogen-bond acceptors (Lipinski definition) is 4. The molecule has 0 N–H and O–H groups in total. The Hall–Kier alpha value is -3.17. The molecule has 1 aliphatic rings. The van der Waals surface area contributed by atoms with E-state index in [0.29, 0.717) is 12.5 Å². The Morgan fingerprint density at radius 1 is 1.20 bits per heavy atom. The van der Waals surface area contributed by atoms with Crippen LogP contribution >= 0.6 is 11.6 Å². The summed E-state index contributed by atoms with van der Waals surface area (Å²) < 4.78 is 32.2. The minimum atomic E-state index is -1.40. The molecule has 3 heterocycles. The number of fused-ring (bicyclic) bond motifs is 1. The Kier molecular flexibility index (Phi) is 5.93. The smallest absolute Gasteiger partial charge is 0.306 e. The Labute approximate surface area is 206 Å². The van der Waals surface area contributed by atoms with Crippen LogP contribution in [0.25, 0.3) is 5.65 Å². The zero-order valence-electron chi connectivity index (χ0n) is 19.8. The van der Waals surface area contributed by atoms with E-state index in [2.05, 4.69) is 27.6 Å². The second-order valence-electron chi connectivity index (χ2n) is 9.73. The van der Waals surface area contributed by atoms with E-state index in [4.69, 9.17) is 11.6 Å². The number of carbonyl (C=O) groups excluding carboxylic acids is 1. The molecule has 1 fully saturated rings. The topological polar surface area (TPSA) is 65.1 Å². The van der Waals surface area contributed by atoms with Gasteiger partial charge in [-0.05, 0) is 48.9 Å². The monoisotopic (exact) mass is 499 g/mol. The van der Waals surface area contributed by atoms with Crippen LogP contribution in [-0.2, 0) is 13.1 Å². The van der Waals surface area contributed by atoms with Crippen molar-refractivity contribution in [3.05, 3.63) is 81.8 Å². The highest BCUT2D eigenvalue weighted by Gasteiger charge is 2.34. The number of rotatable bonds is 7. The predicted molar refractivity (Wildman–Crippen MR) is 127 cm³/mol. The second-order valence-corrected chi connectivity index (χ2v) is 10.1. The molecule has 0 saturated heterocycles. The summed E-state index contributed by atoms with van der Waals surface area (Å²) in [6, 6.07) is 6.91. The van der Waals surface area contributed by atoms with Crippen LogP contribution in [0.1, 0.15) is 64.7 Å². The van der Waals surface area contributed by atoms with Crippen LogP contribution in [0.4, 0.5) is 8.78 Å². The van der Waals surface area contributed by atoms with Crippen LogP contribution in [0.5, 0.6) is 0 Å². The normalized spacial score (nSPS) is 15.0. The quantitative estimate of drug-likeness (QED) is 0.332. The van der Waals surface area contributed by atoms with Crippen molar-refractivity contribution in [1.82, 2.24) is 24.4 Å². The van der Waals surface area contributed by atoms with E-state index in [9.17, 15) is 13.6 Å². The van der Waals surface area contributed by atoms with Gasteiger partial charge < -0.3 is 4.40 Å². The molecule has 1 aromatic carbocycles. The summed E-state index contributed by atoms with van der Waals surface area (Å²) in [5, 5.41) is 8.01. The van der Waals surface area contributed by atoms with Crippen molar-refractivity contribution in [1.29, 1.82) is 0 Å². The van der Waals surface area contributed by atoms with Gasteiger partial charge in [-0.3, -0.25) is 4.48 Å². The molecule has 182 valence electrons. The third-order valence-corrected chi connectivity index (χ3v) is 6.71. The second kappa shape index (κ2) is 8.80. The molecule has 1 aliphatic carbocycles. The molecule has 10 heteroatoms. The van der Waals surface area contributed by atoms with Crippen molar-refractivity contribution in [2.45, 2.75) is 44.9 Å². The summed E-state index contributed by atoms with van der Waals surface area (Å²) in [5.41, 5.74) is 3.33. The van der Waals surface area contributed by atoms with Crippen molar-refractivity contribution in [3.8, 4) is 0 Å². The number of halogens is 3. The molecule has 1 amide bonds. The highest BCUT2D eigenvalue weighted by molar-refractivity contribution is 6.30. The van der Waals surface area contributed by atoms with Crippen LogP contribution < -0.4 is 0 Å². The molecule has 4 aromatic rings. The van der Waals surface area contributed by atoms with Gasteiger partial charge in [0.25, 0.3) is 0 Å². The Morgan fingerprint density at radius 2 is 1.97 bits per heavy atom. The number of carbonyl (C=O) groups is 1. The van der Waals surface area contributed by atoms with E-state index in [-0.39, 0.29) is 38.8 Å². The fourth-order valence-electron chi connectivity index (χ4n) is 4.35. The lowest BCUT2D eigenvalue weighted by molar-refractivity contribution is -0.822. The Balaban J connectivity index is 1.34. The maximum atomic E-state index is 14.8. The van der Waals surface area contributed by atoms with Crippen LogP contribution in [0.2, 0.25) is 5.02 Å². The van der Waals surface area contributed by atoms with Gasteiger partial charge in [-0.2, -0.15) is 0 Å². The van der Waals surface area contributed by atoms with Gasteiger partial charge in [-0.25, -0.2) is 23.2 Å². The SMILES string of the molecule is CC(F)c1ccc(Cl)c(F)c1C[N+](C)(C)C(=O)c1cn(Cc2cn3cc(C4CC4)ccc3n2)nn1. The average Bonchev–Trinajstić information content (AvgIpc) is 3.43. The number of aromatic nitrogens is 5. The summed E-state index contributed by atoms with van der Waals surface area (Å²) >= 11 is 5.93. The number of quaternary nitrogens is 1. The largest absolute Gasteiger partial charge is 0.367 e. The minimum absolute atomic E-state index is 0.0773. The van der Waals surface area contributed by atoms with Crippen molar-refractivity contribution in [2.24, 2.45) is 0 Å². The molecule has 0 bridgehead atoms. The molecule has 0 spiro atoms. The number of benzene rings is 1. The molecular weight excluding hydrogens is 474 g/mol. The first-order chi connectivity index (χ1) is 16.6. The van der Waals surface area contributed by atoms with E-state index in [1.165, 1.54) is 37.5 Å². The summed E-state index contributed by atoms with van der Waals surface area (Å²) in [4.78, 5) is 17.9. The molecule has 35 heavy (non-hydrogen) atoms. The zero-order chi connectivity index (χ0) is 24.9. The molecule has 1 atom stereocenters. The fourth-order valence-corrected chi connectivity index (χ4v) is 4.53. The first kappa shape index (κ1) is 23.6. The number of amides is 1. The molecule has 1 unspecified atom stereocenters. The third-order valence-electron chi connectivity index (χ3n) is 6.42. The number of nitrogens with zero attached hydrogens (tertiary/aromatic N) is 6. The van der Waals surface area contributed by atoms with E-state index >= 15 is 0 Å². The molecule has 7 nitrogen and oxygen atoms in total. The average molecular weight is 500 g/mol. The van der Waals surface area contributed by atoms with Gasteiger partial charge in [-0.15, -0.1) is 5.10 Å². The zero-order valence-corrected chi connectivity index (χ0v) is 20.5. The molecular formula is C25H26ClF2N6O+. The van der Waals surface area contributed by atoms with Crippen molar-refractivity contribution < 1.29 is 18.1 Å². The Bertz CT molecular complexity index is 1420. The highest BCUT2D eigenvalue weighted by Crippen LogP contribution is 2.39. The molecule has 0 aliphatic heterocycles. The molecule has 1 saturated carbocycles. The van der Waals surface area contributed by atoms with E-state index in [1.807, 2.05) is 16.7 Å². The minimum Gasteiger partial charge on any atom is -0.306 e. The first-order valence-corrected chi connectivity index (χ1v) is 11.9. The van der Waals surface area contributed by atoms with Gasteiger partial charge in [0.2, 0.25) is 5.69 Å². The number of pyridine rings is 1. The van der Waals surface area contributed by atoms with E-state index in [1.54, 1.807) is 25.0 Å². The van der Waals surface area contributed by atoms with Gasteiger partial charge in [-0.1, -0.05) is 28.9 Å². The van der Waals surface area contributed by atoms with Crippen molar-refractivity contribution in [2.75, 3.05) is 14.1 Å². The van der Waals surface area contributed by atoms with Gasteiger partial charge in [0.05, 0.1) is 43.1 Å². The third kappa shape index (κ3) is 4.70. The molecule has 0 radical (unpaired) electrons. The lowest BCUT2D eigenvalue weighted by Crippen LogP contribution is -2.45. The van der Waals surface area contributed by atoms with Gasteiger partial charge in [0, 0.05) is 12.4 Å². The predicted octanol–water partition coefficient (Wildman–Crippen LogP) is 5.09. The van der Waals surface area contributed by atoms with Crippen LogP contribution in [0.15, 0.2) is 42.9 Å². The standard InChI is InChI=1S/C25H26ClF2N6O/c1-15(27)19-7-8-21(26)24(28)20(19)14-34(2,3)25(35)22-13-33(31-30-22)12-18-11-32-10-17(16-4-5-16)6-9-23(32)29-18/h6-11,13,15-16H,4-5,12,14H2,1-3H3/q+1. The van der Waals surface area contributed by atoms with Gasteiger partial charge in [0.1, 0.15) is 18.4 Å². The van der Waals surface area contributed by atoms with Crippen LogP contribution in [0, 0.1) is 5.82 Å². The fraction of sp³-hybridized carbons (Fsp3) is 0.360. The number of imidazole rings is 1. The van der Waals surface area contributed by atoms with Crippen molar-refractivity contribution in [3.63, 3.8) is 0 Å². The van der Waals surface area contributed by atoms with Crippen LogP contribution in [0.3, 0.4) is 0 Å². The number of hydrogen-bond donors (Lipinski definition) is 0. The number of alkyl halides is 1. The maximum Gasteiger partial charge on any atom is 0.367 e. The maximum absolute atomic E-state index is 14.8. The summed E-state index contributed by atoms with van der Waals surface area (Å²) in [7, 11) is 3.24. The highest BCUT2D eigenvalue weighted by atomic mass is 35.5. The van der Waals surface area contributed by atoms with Crippen molar-refractivity contribution >= 4 is 23.2 Å². The molecule has 3 aromatic heterocycles.